The number of nitrogens with zero attached hydrogens (tertiary/aromatic N) is 2. The number of carbonyl (C=O) groups is 1. The number of amides is 1. The van der Waals surface area contributed by atoms with E-state index in [1.165, 1.54) is 0 Å². The fourth-order valence-corrected chi connectivity index (χ4v) is 2.86. The van der Waals surface area contributed by atoms with Crippen LogP contribution in [0.15, 0.2) is 24.5 Å². The summed E-state index contributed by atoms with van der Waals surface area (Å²) >= 11 is 0. The minimum Gasteiger partial charge on any atom is -0.336 e. The molecule has 0 aliphatic carbocycles. The number of aromatic nitrogens is 1. The van der Waals surface area contributed by atoms with Crippen LogP contribution < -0.4 is 5.32 Å². The molecule has 0 spiro atoms. The van der Waals surface area contributed by atoms with Crippen LogP contribution in [0.1, 0.15) is 18.4 Å². The summed E-state index contributed by atoms with van der Waals surface area (Å²) in [7, 11) is 0. The van der Waals surface area contributed by atoms with Crippen LogP contribution in [0.4, 0.5) is 0 Å². The van der Waals surface area contributed by atoms with Gasteiger partial charge >= 0.3 is 0 Å². The molecule has 3 rings (SSSR count). The maximum Gasteiger partial charge on any atom is 0.227 e. The van der Waals surface area contributed by atoms with Crippen LogP contribution in [-0.4, -0.2) is 34.9 Å². The third kappa shape index (κ3) is 2.05. The average molecular weight is 231 g/mol. The van der Waals surface area contributed by atoms with E-state index in [-0.39, 0.29) is 5.92 Å². The average Bonchev–Trinajstić information content (AvgIpc) is 2.68. The summed E-state index contributed by atoms with van der Waals surface area (Å²) in [6.07, 6.45) is 5.76. The summed E-state index contributed by atoms with van der Waals surface area (Å²) in [5, 5.41) is 3.45. The lowest BCUT2D eigenvalue weighted by Crippen LogP contribution is -2.41. The van der Waals surface area contributed by atoms with Gasteiger partial charge in [0.25, 0.3) is 0 Å². The second-order valence-electron chi connectivity index (χ2n) is 4.89. The second kappa shape index (κ2) is 4.45. The zero-order chi connectivity index (χ0) is 11.7. The molecule has 2 fully saturated rings. The summed E-state index contributed by atoms with van der Waals surface area (Å²) in [4.78, 5) is 18.3. The molecule has 2 aliphatic rings. The zero-order valence-corrected chi connectivity index (χ0v) is 9.80. The van der Waals surface area contributed by atoms with Gasteiger partial charge in [-0.25, -0.2) is 0 Å². The molecule has 1 aromatic heterocycles. The highest BCUT2D eigenvalue weighted by molar-refractivity contribution is 5.82. The van der Waals surface area contributed by atoms with Crippen molar-refractivity contribution in [3.63, 3.8) is 0 Å². The van der Waals surface area contributed by atoms with Gasteiger partial charge < -0.3 is 10.2 Å². The lowest BCUT2D eigenvalue weighted by Gasteiger charge is -2.23. The molecule has 1 N–H and O–H groups in total. The van der Waals surface area contributed by atoms with Gasteiger partial charge in [-0.3, -0.25) is 9.78 Å². The van der Waals surface area contributed by atoms with E-state index in [1.54, 1.807) is 6.20 Å². The van der Waals surface area contributed by atoms with Gasteiger partial charge in [0.05, 0.1) is 5.92 Å². The lowest BCUT2D eigenvalue weighted by atomic mass is 9.94. The smallest absolute Gasteiger partial charge is 0.227 e. The Morgan fingerprint density at radius 3 is 3.24 bits per heavy atom. The number of fused-ring (bicyclic) bond motifs is 1. The molecule has 4 heteroatoms. The fourth-order valence-electron chi connectivity index (χ4n) is 2.86. The van der Waals surface area contributed by atoms with Crippen molar-refractivity contribution >= 4 is 5.91 Å². The van der Waals surface area contributed by atoms with Crippen LogP contribution in [0.2, 0.25) is 0 Å². The molecule has 0 aromatic carbocycles. The highest BCUT2D eigenvalue weighted by atomic mass is 16.2. The van der Waals surface area contributed by atoms with E-state index in [2.05, 4.69) is 10.3 Å². The van der Waals surface area contributed by atoms with Crippen molar-refractivity contribution in [3.8, 4) is 0 Å². The molecular weight excluding hydrogens is 214 g/mol. The maximum atomic E-state index is 12.2. The van der Waals surface area contributed by atoms with Crippen molar-refractivity contribution in [3.05, 3.63) is 30.1 Å². The van der Waals surface area contributed by atoms with Crippen LogP contribution in [0.5, 0.6) is 0 Å². The normalized spacial score (nSPS) is 28.2. The Balaban J connectivity index is 1.71. The molecule has 4 nitrogen and oxygen atoms in total. The number of hydrogen-bond acceptors (Lipinski definition) is 3. The Morgan fingerprint density at radius 2 is 2.47 bits per heavy atom. The van der Waals surface area contributed by atoms with Crippen LogP contribution in [0.25, 0.3) is 0 Å². The largest absolute Gasteiger partial charge is 0.336 e. The molecule has 0 saturated carbocycles. The molecule has 1 amide bonds. The van der Waals surface area contributed by atoms with Gasteiger partial charge in [-0.15, -0.1) is 0 Å². The van der Waals surface area contributed by atoms with Gasteiger partial charge in [0.1, 0.15) is 0 Å². The minimum absolute atomic E-state index is 0.209. The molecule has 17 heavy (non-hydrogen) atoms. The maximum absolute atomic E-state index is 12.2. The van der Waals surface area contributed by atoms with E-state index < -0.39 is 0 Å². The summed E-state index contributed by atoms with van der Waals surface area (Å²) in [5.41, 5.74) is 1.11. The van der Waals surface area contributed by atoms with E-state index in [0.29, 0.717) is 18.5 Å². The molecule has 3 heterocycles. The van der Waals surface area contributed by atoms with Gasteiger partial charge in [0.2, 0.25) is 5.91 Å². The predicted molar refractivity (Wildman–Crippen MR) is 64.2 cm³/mol. The first-order valence-corrected chi connectivity index (χ1v) is 6.25. The third-order valence-corrected chi connectivity index (χ3v) is 3.73. The van der Waals surface area contributed by atoms with Crippen LogP contribution >= 0.6 is 0 Å². The van der Waals surface area contributed by atoms with E-state index >= 15 is 0 Å². The third-order valence-electron chi connectivity index (χ3n) is 3.73. The van der Waals surface area contributed by atoms with Gasteiger partial charge in [0, 0.05) is 31.5 Å². The van der Waals surface area contributed by atoms with Crippen LogP contribution in [-0.2, 0) is 11.3 Å². The van der Waals surface area contributed by atoms with Crippen molar-refractivity contribution in [2.24, 2.45) is 5.92 Å². The molecular formula is C13H17N3O. The molecule has 1 aromatic rings. The first-order chi connectivity index (χ1) is 8.34. The zero-order valence-electron chi connectivity index (χ0n) is 9.80. The van der Waals surface area contributed by atoms with Gasteiger partial charge in [-0.2, -0.15) is 0 Å². The molecule has 2 aliphatic heterocycles. The van der Waals surface area contributed by atoms with Crippen LogP contribution in [0.3, 0.4) is 0 Å². The van der Waals surface area contributed by atoms with Gasteiger partial charge in [-0.1, -0.05) is 6.07 Å². The van der Waals surface area contributed by atoms with Crippen molar-refractivity contribution in [2.45, 2.75) is 25.4 Å². The summed E-state index contributed by atoms with van der Waals surface area (Å²) in [6, 6.07) is 4.31. The fraction of sp³-hybridized carbons (Fsp3) is 0.538. The van der Waals surface area contributed by atoms with E-state index in [1.807, 2.05) is 23.2 Å². The van der Waals surface area contributed by atoms with Crippen molar-refractivity contribution < 1.29 is 4.79 Å². The lowest BCUT2D eigenvalue weighted by molar-refractivity contribution is -0.131. The molecule has 0 radical (unpaired) electrons. The summed E-state index contributed by atoms with van der Waals surface area (Å²) < 4.78 is 0. The number of pyridine rings is 1. The Labute approximate surface area is 101 Å². The Morgan fingerprint density at radius 1 is 1.53 bits per heavy atom. The summed E-state index contributed by atoms with van der Waals surface area (Å²) in [5.74, 6) is 0.520. The number of piperidine rings is 1. The number of carbonyl (C=O) groups excluding carboxylic acids is 1. The molecule has 0 bridgehead atoms. The van der Waals surface area contributed by atoms with Crippen molar-refractivity contribution in [2.75, 3.05) is 13.1 Å². The molecule has 2 atom stereocenters. The number of hydrogen-bond donors (Lipinski definition) is 1. The first-order valence-electron chi connectivity index (χ1n) is 6.25. The molecule has 2 unspecified atom stereocenters. The highest BCUT2D eigenvalue weighted by Crippen LogP contribution is 2.27. The first kappa shape index (κ1) is 10.7. The van der Waals surface area contributed by atoms with E-state index in [4.69, 9.17) is 0 Å². The Bertz CT molecular complexity index is 406. The van der Waals surface area contributed by atoms with Crippen LogP contribution in [0, 0.1) is 5.92 Å². The van der Waals surface area contributed by atoms with Gasteiger partial charge in [-0.05, 0) is 31.0 Å². The topological polar surface area (TPSA) is 45.2 Å². The Kier molecular flexibility index (Phi) is 2.81. The number of rotatable bonds is 2. The SMILES string of the molecule is O=C1C2CCCNC2CN1Cc1cccnc1. The predicted octanol–water partition coefficient (Wildman–Crippen LogP) is 0.792. The standard InChI is InChI=1S/C13H17N3O/c17-13-11-4-2-6-15-12(11)9-16(13)8-10-3-1-5-14-7-10/h1,3,5,7,11-12,15H,2,4,6,8-9H2. The van der Waals surface area contributed by atoms with E-state index in [0.717, 1.165) is 31.5 Å². The molecule has 2 saturated heterocycles. The minimum atomic E-state index is 0.209. The quantitative estimate of drug-likeness (QED) is 0.818. The summed E-state index contributed by atoms with van der Waals surface area (Å²) in [6.45, 7) is 2.59. The monoisotopic (exact) mass is 231 g/mol. The Hall–Kier alpha value is -1.42. The number of likely N-dealkylation sites (tertiary alicyclic amines) is 1. The van der Waals surface area contributed by atoms with Crippen molar-refractivity contribution in [1.82, 2.24) is 15.2 Å². The van der Waals surface area contributed by atoms with Crippen molar-refractivity contribution in [1.29, 1.82) is 0 Å². The molecule has 90 valence electrons. The highest BCUT2D eigenvalue weighted by Gasteiger charge is 2.41. The second-order valence-corrected chi connectivity index (χ2v) is 4.89. The van der Waals surface area contributed by atoms with E-state index in [9.17, 15) is 4.79 Å². The van der Waals surface area contributed by atoms with Gasteiger partial charge in [0.15, 0.2) is 0 Å². The number of nitrogens with one attached hydrogen (secondary N) is 1.